The lowest BCUT2D eigenvalue weighted by Gasteiger charge is -2.40. The van der Waals surface area contributed by atoms with Crippen LogP contribution in [0.3, 0.4) is 0 Å². The maximum absolute atomic E-state index is 13.7. The van der Waals surface area contributed by atoms with Gasteiger partial charge in [0.1, 0.15) is 17.4 Å². The van der Waals surface area contributed by atoms with Gasteiger partial charge in [-0.15, -0.1) is 0 Å². The van der Waals surface area contributed by atoms with Gasteiger partial charge < -0.3 is 20.2 Å². The SMILES string of the molecule is CC(=O)N[C@@H](Cc1cc(F)cc(F)c1)[C@@H](O)CNC1(c2cccc(-c3occc3C=O)c2)CCCCC1. The van der Waals surface area contributed by atoms with Crippen molar-refractivity contribution < 1.29 is 27.9 Å². The lowest BCUT2D eigenvalue weighted by Crippen LogP contribution is -2.53. The van der Waals surface area contributed by atoms with Crippen LogP contribution in [0.1, 0.15) is 60.5 Å². The molecule has 0 spiro atoms. The molecule has 196 valence electrons. The van der Waals surface area contributed by atoms with E-state index in [0.29, 0.717) is 16.9 Å². The number of nitrogens with one attached hydrogen (secondary N) is 2. The number of benzene rings is 2. The van der Waals surface area contributed by atoms with E-state index in [-0.39, 0.29) is 18.9 Å². The van der Waals surface area contributed by atoms with Crippen LogP contribution in [0, 0.1) is 11.6 Å². The summed E-state index contributed by atoms with van der Waals surface area (Å²) in [5.41, 5.74) is 2.22. The minimum Gasteiger partial charge on any atom is -0.464 e. The molecular weight excluding hydrogens is 478 g/mol. The first kappa shape index (κ1) is 26.7. The van der Waals surface area contributed by atoms with Crippen LogP contribution in [0.2, 0.25) is 0 Å². The zero-order valence-corrected chi connectivity index (χ0v) is 20.8. The fourth-order valence-corrected chi connectivity index (χ4v) is 5.30. The minimum absolute atomic E-state index is 0.0759. The lowest BCUT2D eigenvalue weighted by atomic mass is 9.76. The number of carbonyl (C=O) groups is 2. The van der Waals surface area contributed by atoms with Gasteiger partial charge in [0.15, 0.2) is 6.29 Å². The smallest absolute Gasteiger partial charge is 0.217 e. The first-order valence-electron chi connectivity index (χ1n) is 12.6. The topological polar surface area (TPSA) is 91.6 Å². The molecule has 1 aromatic heterocycles. The first-order valence-corrected chi connectivity index (χ1v) is 12.6. The van der Waals surface area contributed by atoms with Gasteiger partial charge in [0.2, 0.25) is 5.91 Å². The van der Waals surface area contributed by atoms with E-state index < -0.39 is 29.3 Å². The number of hydrogen-bond donors (Lipinski definition) is 3. The van der Waals surface area contributed by atoms with Gasteiger partial charge >= 0.3 is 0 Å². The van der Waals surface area contributed by atoms with E-state index in [1.807, 2.05) is 24.3 Å². The molecular formula is C29H32F2N2O4. The molecule has 37 heavy (non-hydrogen) atoms. The Kier molecular flexibility index (Phi) is 8.51. The third-order valence-corrected chi connectivity index (χ3v) is 7.09. The molecule has 1 saturated carbocycles. The Morgan fingerprint density at radius 3 is 2.51 bits per heavy atom. The number of amides is 1. The Morgan fingerprint density at radius 2 is 1.84 bits per heavy atom. The number of aldehydes is 1. The molecule has 3 N–H and O–H groups in total. The van der Waals surface area contributed by atoms with Gasteiger partial charge in [-0.2, -0.15) is 0 Å². The number of carbonyl (C=O) groups excluding carboxylic acids is 2. The normalized spacial score (nSPS) is 16.6. The molecule has 6 nitrogen and oxygen atoms in total. The Balaban J connectivity index is 1.56. The average Bonchev–Trinajstić information content (AvgIpc) is 3.36. The molecule has 0 saturated heterocycles. The Labute approximate surface area is 215 Å². The zero-order valence-electron chi connectivity index (χ0n) is 20.8. The maximum Gasteiger partial charge on any atom is 0.217 e. The summed E-state index contributed by atoms with van der Waals surface area (Å²) in [6.07, 6.45) is 6.14. The summed E-state index contributed by atoms with van der Waals surface area (Å²) >= 11 is 0. The van der Waals surface area contributed by atoms with E-state index in [0.717, 1.165) is 55.6 Å². The molecule has 0 bridgehead atoms. The van der Waals surface area contributed by atoms with Crippen LogP contribution >= 0.6 is 0 Å². The number of halogens is 2. The van der Waals surface area contributed by atoms with Gasteiger partial charge in [0.25, 0.3) is 0 Å². The minimum atomic E-state index is -1.01. The summed E-state index contributed by atoms with van der Waals surface area (Å²) in [4.78, 5) is 23.3. The van der Waals surface area contributed by atoms with E-state index >= 15 is 0 Å². The van der Waals surface area contributed by atoms with Crippen molar-refractivity contribution in [1.82, 2.24) is 10.6 Å². The average molecular weight is 511 g/mol. The predicted molar refractivity (Wildman–Crippen MR) is 136 cm³/mol. The second kappa shape index (κ2) is 11.8. The van der Waals surface area contributed by atoms with Crippen LogP contribution in [-0.2, 0) is 16.8 Å². The number of rotatable bonds is 10. The molecule has 2 atom stereocenters. The summed E-state index contributed by atoms with van der Waals surface area (Å²) < 4.78 is 33.0. The van der Waals surface area contributed by atoms with Crippen molar-refractivity contribution in [3.63, 3.8) is 0 Å². The second-order valence-electron chi connectivity index (χ2n) is 9.78. The van der Waals surface area contributed by atoms with E-state index in [4.69, 9.17) is 4.42 Å². The summed E-state index contributed by atoms with van der Waals surface area (Å²) in [6, 6.07) is 11.9. The molecule has 8 heteroatoms. The van der Waals surface area contributed by atoms with Crippen molar-refractivity contribution in [2.24, 2.45) is 0 Å². The van der Waals surface area contributed by atoms with Crippen molar-refractivity contribution in [3.05, 3.63) is 83.1 Å². The fourth-order valence-electron chi connectivity index (χ4n) is 5.30. The van der Waals surface area contributed by atoms with Crippen molar-refractivity contribution >= 4 is 12.2 Å². The number of aliphatic hydroxyl groups excluding tert-OH is 1. The number of aliphatic hydroxyl groups is 1. The van der Waals surface area contributed by atoms with Crippen molar-refractivity contribution in [2.45, 2.75) is 63.1 Å². The van der Waals surface area contributed by atoms with Crippen LogP contribution in [0.15, 0.2) is 59.2 Å². The summed E-state index contributed by atoms with van der Waals surface area (Å²) in [5, 5.41) is 17.4. The summed E-state index contributed by atoms with van der Waals surface area (Å²) in [7, 11) is 0. The monoisotopic (exact) mass is 510 g/mol. The van der Waals surface area contributed by atoms with Crippen LogP contribution in [0.25, 0.3) is 11.3 Å². The van der Waals surface area contributed by atoms with Crippen molar-refractivity contribution in [2.75, 3.05) is 6.54 Å². The molecule has 0 aliphatic heterocycles. The Bertz CT molecular complexity index is 1220. The highest BCUT2D eigenvalue weighted by atomic mass is 19.1. The van der Waals surface area contributed by atoms with Crippen molar-refractivity contribution in [1.29, 1.82) is 0 Å². The first-order chi connectivity index (χ1) is 17.8. The standard InChI is InChI=1S/C29H32F2N2O4/c1-19(35)33-26(14-20-12-24(30)16-25(31)13-20)27(36)17-32-29(9-3-2-4-10-29)23-7-5-6-21(15-23)28-22(18-34)8-11-37-28/h5-8,11-13,15-16,18,26-27,32,36H,2-4,9-10,14,17H2,1H3,(H,33,35)/t26-,27-/m0/s1. The highest BCUT2D eigenvalue weighted by Gasteiger charge is 2.35. The van der Waals surface area contributed by atoms with Gasteiger partial charge in [-0.05, 0) is 54.7 Å². The maximum atomic E-state index is 13.7. The summed E-state index contributed by atoms with van der Waals surface area (Å²) in [5.74, 6) is -1.25. The van der Waals surface area contributed by atoms with Crippen LogP contribution < -0.4 is 10.6 Å². The van der Waals surface area contributed by atoms with Gasteiger partial charge in [-0.1, -0.05) is 37.5 Å². The van der Waals surface area contributed by atoms with Crippen LogP contribution in [-0.4, -0.2) is 36.0 Å². The summed E-state index contributed by atoms with van der Waals surface area (Å²) in [6.45, 7) is 1.50. The van der Waals surface area contributed by atoms with Gasteiger partial charge in [-0.25, -0.2) is 8.78 Å². The van der Waals surface area contributed by atoms with E-state index in [1.165, 1.54) is 25.3 Å². The van der Waals surface area contributed by atoms with Gasteiger partial charge in [0.05, 0.1) is 24.0 Å². The van der Waals surface area contributed by atoms with Crippen LogP contribution in [0.4, 0.5) is 8.78 Å². The Morgan fingerprint density at radius 1 is 1.11 bits per heavy atom. The molecule has 2 aromatic carbocycles. The molecule has 1 heterocycles. The molecule has 4 rings (SSSR count). The fraction of sp³-hybridized carbons (Fsp3) is 0.379. The molecule has 0 unspecified atom stereocenters. The highest BCUT2D eigenvalue weighted by Crippen LogP contribution is 2.39. The van der Waals surface area contributed by atoms with Crippen molar-refractivity contribution in [3.8, 4) is 11.3 Å². The van der Waals surface area contributed by atoms with Crippen LogP contribution in [0.5, 0.6) is 0 Å². The third-order valence-electron chi connectivity index (χ3n) is 7.09. The molecule has 1 aliphatic carbocycles. The Hall–Kier alpha value is -3.36. The van der Waals surface area contributed by atoms with Gasteiger partial charge in [-0.3, -0.25) is 9.59 Å². The largest absolute Gasteiger partial charge is 0.464 e. The highest BCUT2D eigenvalue weighted by molar-refractivity contribution is 5.85. The molecule has 3 aromatic rings. The number of hydrogen-bond acceptors (Lipinski definition) is 5. The molecule has 0 radical (unpaired) electrons. The van der Waals surface area contributed by atoms with E-state index in [1.54, 1.807) is 6.07 Å². The second-order valence-corrected chi connectivity index (χ2v) is 9.78. The predicted octanol–water partition coefficient (Wildman–Crippen LogP) is 4.89. The molecule has 1 aliphatic rings. The van der Waals surface area contributed by atoms with E-state index in [9.17, 15) is 23.5 Å². The van der Waals surface area contributed by atoms with E-state index in [2.05, 4.69) is 10.6 Å². The van der Waals surface area contributed by atoms with Gasteiger partial charge in [0, 0.05) is 30.6 Å². The quantitative estimate of drug-likeness (QED) is 0.338. The lowest BCUT2D eigenvalue weighted by molar-refractivity contribution is -0.120. The third kappa shape index (κ3) is 6.50. The zero-order chi connectivity index (χ0) is 26.4. The molecule has 1 fully saturated rings. The number of furan rings is 1. The molecule has 1 amide bonds.